The van der Waals surface area contributed by atoms with Crippen molar-refractivity contribution in [2.24, 2.45) is 11.3 Å². The van der Waals surface area contributed by atoms with Crippen molar-refractivity contribution in [2.75, 3.05) is 0 Å². The van der Waals surface area contributed by atoms with Crippen LogP contribution in [0, 0.1) is 11.3 Å². The van der Waals surface area contributed by atoms with Gasteiger partial charge in [-0.05, 0) is 32.6 Å². The summed E-state index contributed by atoms with van der Waals surface area (Å²) in [4.78, 5) is 11.9. The van der Waals surface area contributed by atoms with Crippen LogP contribution in [0.2, 0.25) is 19.6 Å². The first-order chi connectivity index (χ1) is 9.09. The highest BCUT2D eigenvalue weighted by Crippen LogP contribution is 2.59. The molecular formula is C16H28O3Si. The maximum atomic E-state index is 11.9. The third kappa shape index (κ3) is 2.60. The van der Waals surface area contributed by atoms with Gasteiger partial charge in [-0.2, -0.15) is 0 Å². The SMILES string of the molecule is C[C@@]1(O)CCCC[C@]12CC/C(=C\[Si](C)(C)C)[C@@H]2C(=O)O. The molecule has 0 aliphatic heterocycles. The molecular weight excluding hydrogens is 268 g/mol. The minimum absolute atomic E-state index is 0.442. The smallest absolute Gasteiger partial charge is 0.311 e. The Kier molecular flexibility index (Phi) is 3.93. The molecule has 2 rings (SSSR count). The molecule has 0 aromatic carbocycles. The van der Waals surface area contributed by atoms with Crippen molar-refractivity contribution >= 4 is 14.0 Å². The second kappa shape index (κ2) is 4.99. The molecule has 20 heavy (non-hydrogen) atoms. The molecule has 2 aliphatic carbocycles. The fourth-order valence-corrected chi connectivity index (χ4v) is 5.82. The number of carboxylic acids is 1. The van der Waals surface area contributed by atoms with Crippen molar-refractivity contribution < 1.29 is 15.0 Å². The minimum Gasteiger partial charge on any atom is -0.481 e. The van der Waals surface area contributed by atoms with Crippen LogP contribution in [0.25, 0.3) is 0 Å². The van der Waals surface area contributed by atoms with Crippen molar-refractivity contribution in [3.63, 3.8) is 0 Å². The van der Waals surface area contributed by atoms with Crippen molar-refractivity contribution in [2.45, 2.75) is 70.7 Å². The molecule has 0 aromatic heterocycles. The first-order valence-electron chi connectivity index (χ1n) is 7.76. The molecule has 0 bridgehead atoms. The molecule has 0 amide bonds. The Morgan fingerprint density at radius 3 is 2.35 bits per heavy atom. The molecule has 3 nitrogen and oxygen atoms in total. The van der Waals surface area contributed by atoms with Gasteiger partial charge in [-0.15, -0.1) is 0 Å². The average Bonchev–Trinajstić information content (AvgIpc) is 2.61. The summed E-state index contributed by atoms with van der Waals surface area (Å²) in [6.45, 7) is 8.58. The molecule has 1 spiro atoms. The Balaban J connectivity index is 2.46. The van der Waals surface area contributed by atoms with Crippen LogP contribution >= 0.6 is 0 Å². The highest BCUT2D eigenvalue weighted by atomic mass is 28.3. The monoisotopic (exact) mass is 296 g/mol. The lowest BCUT2D eigenvalue weighted by molar-refractivity contribution is -0.161. The molecule has 3 atom stereocenters. The van der Waals surface area contributed by atoms with E-state index in [4.69, 9.17) is 0 Å². The topological polar surface area (TPSA) is 57.5 Å². The second-order valence-electron chi connectivity index (χ2n) is 7.99. The Hall–Kier alpha value is -0.613. The quantitative estimate of drug-likeness (QED) is 0.766. The lowest BCUT2D eigenvalue weighted by Gasteiger charge is -2.49. The number of carboxylic acid groups (broad SMARTS) is 1. The second-order valence-corrected chi connectivity index (χ2v) is 13.0. The molecule has 0 saturated heterocycles. The van der Waals surface area contributed by atoms with E-state index in [0.717, 1.165) is 44.1 Å². The molecule has 2 aliphatic rings. The standard InChI is InChI=1S/C16H28O3Si/c1-15(19)8-5-6-9-16(15)10-7-12(11-20(2,3)4)13(16)14(17)18/h11,13,19H,5-10H2,1-4H3,(H,17,18)/b12-11+/t13-,15-,16-/m1/s1. The van der Waals surface area contributed by atoms with Gasteiger partial charge < -0.3 is 10.2 Å². The molecule has 2 fully saturated rings. The highest BCUT2D eigenvalue weighted by molar-refractivity contribution is 6.81. The number of rotatable bonds is 2. The number of aliphatic hydroxyl groups is 1. The summed E-state index contributed by atoms with van der Waals surface area (Å²) in [7, 11) is -1.44. The van der Waals surface area contributed by atoms with Gasteiger partial charge in [-0.3, -0.25) is 4.79 Å². The van der Waals surface area contributed by atoms with Crippen LogP contribution in [0.15, 0.2) is 11.3 Å². The van der Waals surface area contributed by atoms with E-state index in [1.54, 1.807) is 0 Å². The summed E-state index contributed by atoms with van der Waals surface area (Å²) in [5, 5.41) is 20.7. The van der Waals surface area contributed by atoms with Gasteiger partial charge in [-0.25, -0.2) is 0 Å². The molecule has 0 aromatic rings. The maximum Gasteiger partial charge on any atom is 0.311 e. The summed E-state index contributed by atoms with van der Waals surface area (Å²) in [6.07, 6.45) is 5.30. The first-order valence-corrected chi connectivity index (χ1v) is 11.3. The molecule has 0 radical (unpaired) electrons. The van der Waals surface area contributed by atoms with Crippen LogP contribution < -0.4 is 0 Å². The molecule has 114 valence electrons. The van der Waals surface area contributed by atoms with E-state index in [9.17, 15) is 15.0 Å². The van der Waals surface area contributed by atoms with Crippen LogP contribution in [0.5, 0.6) is 0 Å². The van der Waals surface area contributed by atoms with Crippen LogP contribution in [0.3, 0.4) is 0 Å². The van der Waals surface area contributed by atoms with Gasteiger partial charge in [0.2, 0.25) is 0 Å². The van der Waals surface area contributed by atoms with Crippen molar-refractivity contribution in [1.29, 1.82) is 0 Å². The molecule has 2 N–H and O–H groups in total. The summed E-state index contributed by atoms with van der Waals surface area (Å²) < 4.78 is 0. The van der Waals surface area contributed by atoms with Crippen molar-refractivity contribution in [3.05, 3.63) is 11.3 Å². The fourth-order valence-electron chi connectivity index (χ4n) is 4.40. The van der Waals surface area contributed by atoms with Crippen molar-refractivity contribution in [3.8, 4) is 0 Å². The van der Waals surface area contributed by atoms with Gasteiger partial charge in [0.05, 0.1) is 19.6 Å². The minimum atomic E-state index is -1.44. The van der Waals surface area contributed by atoms with Gasteiger partial charge in [0.25, 0.3) is 0 Å². The fraction of sp³-hybridized carbons (Fsp3) is 0.812. The maximum absolute atomic E-state index is 11.9. The normalized spacial score (nSPS) is 40.5. The van der Waals surface area contributed by atoms with E-state index in [2.05, 4.69) is 25.3 Å². The number of aliphatic carboxylic acids is 1. The molecule has 0 unspecified atom stereocenters. The Labute approximate surface area is 123 Å². The van der Waals surface area contributed by atoms with E-state index in [0.29, 0.717) is 0 Å². The summed E-state index contributed by atoms with van der Waals surface area (Å²) >= 11 is 0. The zero-order chi connectivity index (χ0) is 15.2. The molecule has 0 heterocycles. The largest absolute Gasteiger partial charge is 0.481 e. The van der Waals surface area contributed by atoms with Crippen LogP contribution in [0.1, 0.15) is 45.4 Å². The van der Waals surface area contributed by atoms with Gasteiger partial charge >= 0.3 is 5.97 Å². The summed E-state index contributed by atoms with van der Waals surface area (Å²) in [6, 6.07) is 0. The summed E-state index contributed by atoms with van der Waals surface area (Å²) in [5.74, 6) is -1.22. The third-order valence-electron chi connectivity index (χ3n) is 5.26. The van der Waals surface area contributed by atoms with Crippen molar-refractivity contribution in [1.82, 2.24) is 0 Å². The lowest BCUT2D eigenvalue weighted by atomic mass is 9.58. The van der Waals surface area contributed by atoms with E-state index in [1.807, 2.05) is 6.92 Å². The predicted octanol–water partition coefficient (Wildman–Crippen LogP) is 3.60. The Morgan fingerprint density at radius 2 is 1.85 bits per heavy atom. The van der Waals surface area contributed by atoms with Crippen LogP contribution in [-0.2, 0) is 4.79 Å². The van der Waals surface area contributed by atoms with Crippen LogP contribution in [-0.4, -0.2) is 29.9 Å². The third-order valence-corrected chi connectivity index (χ3v) is 6.49. The zero-order valence-electron chi connectivity index (χ0n) is 13.2. The molecule has 2 saturated carbocycles. The van der Waals surface area contributed by atoms with Crippen LogP contribution in [0.4, 0.5) is 0 Å². The zero-order valence-corrected chi connectivity index (χ0v) is 14.2. The average molecular weight is 296 g/mol. The predicted molar refractivity (Wildman–Crippen MR) is 83.3 cm³/mol. The lowest BCUT2D eigenvalue weighted by Crippen LogP contribution is -2.52. The highest BCUT2D eigenvalue weighted by Gasteiger charge is 2.59. The summed E-state index contributed by atoms with van der Waals surface area (Å²) in [5.41, 5.74) is 2.05. The number of carbonyl (C=O) groups is 1. The van der Waals surface area contributed by atoms with E-state index in [1.165, 1.54) is 0 Å². The van der Waals surface area contributed by atoms with Gasteiger partial charge in [0.15, 0.2) is 0 Å². The van der Waals surface area contributed by atoms with E-state index < -0.39 is 31.0 Å². The van der Waals surface area contributed by atoms with E-state index in [-0.39, 0.29) is 0 Å². The van der Waals surface area contributed by atoms with Gasteiger partial charge in [0, 0.05) is 5.41 Å². The number of hydrogen-bond donors (Lipinski definition) is 2. The molecule has 4 heteroatoms. The Bertz CT molecular complexity index is 433. The Morgan fingerprint density at radius 1 is 1.25 bits per heavy atom. The first kappa shape index (κ1) is 15.8. The number of hydrogen-bond acceptors (Lipinski definition) is 2. The van der Waals surface area contributed by atoms with Gasteiger partial charge in [-0.1, -0.05) is 43.8 Å². The van der Waals surface area contributed by atoms with Gasteiger partial charge in [0.1, 0.15) is 0 Å². The van der Waals surface area contributed by atoms with E-state index >= 15 is 0 Å².